The molecule has 0 bridgehead atoms. The zero-order chi connectivity index (χ0) is 48.8. The Hall–Kier alpha value is -8.57. The van der Waals surface area contributed by atoms with Gasteiger partial charge >= 0.3 is 5.97 Å². The highest BCUT2D eigenvalue weighted by atomic mass is 16.4. The fourth-order valence-corrected chi connectivity index (χ4v) is 8.55. The summed E-state index contributed by atoms with van der Waals surface area (Å²) >= 11 is 0. The SMILES string of the molecule is Cc1ccc(-c2ccccc2)cc1N.Cc1ccc(-c2ccccc2)cc1NC(=O)c1cccnc1N1CCCC1.O=C(O)c1ccc(-c2ccccc2)cc1NC(=O)c1cccnc1N1CCCC1. The van der Waals surface area contributed by atoms with Crippen molar-refractivity contribution in [2.24, 2.45) is 0 Å². The van der Waals surface area contributed by atoms with Crippen molar-refractivity contribution in [3.8, 4) is 33.4 Å². The molecular weight excluding hydrogens is 871 g/mol. The van der Waals surface area contributed by atoms with Gasteiger partial charge in [0.05, 0.1) is 22.4 Å². The molecule has 0 saturated carbocycles. The maximum Gasteiger partial charge on any atom is 0.337 e. The molecule has 2 fully saturated rings. The van der Waals surface area contributed by atoms with Gasteiger partial charge in [-0.3, -0.25) is 9.59 Å². The zero-order valence-corrected chi connectivity index (χ0v) is 39.5. The predicted molar refractivity (Wildman–Crippen MR) is 284 cm³/mol. The van der Waals surface area contributed by atoms with E-state index in [1.165, 1.54) is 17.2 Å². The number of amides is 2. The second kappa shape index (κ2) is 23.0. The Balaban J connectivity index is 0.000000149. The molecular formula is C59H57N7O4. The highest BCUT2D eigenvalue weighted by Gasteiger charge is 2.23. The number of aromatic nitrogens is 2. The predicted octanol–water partition coefficient (Wildman–Crippen LogP) is 12.5. The monoisotopic (exact) mass is 927 g/mol. The quantitative estimate of drug-likeness (QED) is 0.0982. The van der Waals surface area contributed by atoms with Crippen LogP contribution in [0.2, 0.25) is 0 Å². The van der Waals surface area contributed by atoms with Crippen LogP contribution in [0.15, 0.2) is 182 Å². The van der Waals surface area contributed by atoms with Crippen molar-refractivity contribution >= 4 is 46.5 Å². The van der Waals surface area contributed by atoms with Gasteiger partial charge in [0.15, 0.2) is 0 Å². The Bertz CT molecular complexity index is 3060. The van der Waals surface area contributed by atoms with E-state index in [0.717, 1.165) is 102 Å². The lowest BCUT2D eigenvalue weighted by Crippen LogP contribution is -2.24. The van der Waals surface area contributed by atoms with E-state index < -0.39 is 5.97 Å². The average Bonchev–Trinajstić information content (AvgIpc) is 4.16. The minimum absolute atomic E-state index is 0.0460. The van der Waals surface area contributed by atoms with Crippen LogP contribution in [0.1, 0.15) is 67.9 Å². The molecule has 352 valence electrons. The van der Waals surface area contributed by atoms with Gasteiger partial charge in [-0.05, 0) is 133 Å². The molecule has 2 saturated heterocycles. The smallest absolute Gasteiger partial charge is 0.337 e. The van der Waals surface area contributed by atoms with Crippen LogP contribution in [-0.2, 0) is 0 Å². The molecule has 0 unspecified atom stereocenters. The summed E-state index contributed by atoms with van der Waals surface area (Å²) in [4.78, 5) is 50.9. The number of hydrogen-bond acceptors (Lipinski definition) is 8. The summed E-state index contributed by atoms with van der Waals surface area (Å²) in [6.07, 6.45) is 7.86. The summed E-state index contributed by atoms with van der Waals surface area (Å²) in [5.41, 5.74) is 17.5. The molecule has 70 heavy (non-hydrogen) atoms. The highest BCUT2D eigenvalue weighted by molar-refractivity contribution is 6.11. The Morgan fingerprint density at radius 1 is 0.457 bits per heavy atom. The summed E-state index contributed by atoms with van der Waals surface area (Å²) in [6, 6.07) is 54.5. The third kappa shape index (κ3) is 11.9. The number of nitrogens with one attached hydrogen (secondary N) is 2. The first-order valence-electron chi connectivity index (χ1n) is 23.7. The molecule has 0 spiro atoms. The number of nitrogens with two attached hydrogens (primary N) is 1. The number of nitrogens with zero attached hydrogens (tertiary/aromatic N) is 4. The van der Waals surface area contributed by atoms with Gasteiger partial charge in [0.2, 0.25) is 0 Å². The molecule has 2 amide bonds. The van der Waals surface area contributed by atoms with Crippen LogP contribution in [0.5, 0.6) is 0 Å². The zero-order valence-electron chi connectivity index (χ0n) is 39.5. The maximum absolute atomic E-state index is 13.0. The molecule has 6 aromatic carbocycles. The lowest BCUT2D eigenvalue weighted by molar-refractivity contribution is 0.0697. The van der Waals surface area contributed by atoms with E-state index >= 15 is 0 Å². The summed E-state index contributed by atoms with van der Waals surface area (Å²) in [7, 11) is 0. The number of aryl methyl sites for hydroxylation is 2. The van der Waals surface area contributed by atoms with E-state index in [-0.39, 0.29) is 23.1 Å². The molecule has 2 aliphatic heterocycles. The number of anilines is 5. The van der Waals surface area contributed by atoms with Crippen molar-refractivity contribution in [2.45, 2.75) is 39.5 Å². The number of carboxylic acids is 1. The third-order valence-corrected chi connectivity index (χ3v) is 12.5. The van der Waals surface area contributed by atoms with E-state index in [4.69, 9.17) is 5.73 Å². The normalized spacial score (nSPS) is 12.8. The van der Waals surface area contributed by atoms with Gasteiger partial charge in [0.1, 0.15) is 11.6 Å². The van der Waals surface area contributed by atoms with Crippen LogP contribution in [0, 0.1) is 13.8 Å². The fraction of sp³-hybridized carbons (Fsp3) is 0.169. The van der Waals surface area contributed by atoms with Gasteiger partial charge in [0, 0.05) is 49.9 Å². The maximum atomic E-state index is 13.0. The summed E-state index contributed by atoms with van der Waals surface area (Å²) < 4.78 is 0. The van der Waals surface area contributed by atoms with Crippen molar-refractivity contribution in [1.82, 2.24) is 9.97 Å². The second-order valence-electron chi connectivity index (χ2n) is 17.3. The molecule has 0 aliphatic carbocycles. The minimum atomic E-state index is -1.09. The molecule has 5 N–H and O–H groups in total. The van der Waals surface area contributed by atoms with E-state index in [1.54, 1.807) is 36.7 Å². The van der Waals surface area contributed by atoms with Gasteiger partial charge in [-0.25, -0.2) is 14.8 Å². The van der Waals surface area contributed by atoms with Crippen molar-refractivity contribution in [3.05, 3.63) is 210 Å². The van der Waals surface area contributed by atoms with Crippen LogP contribution in [0.25, 0.3) is 33.4 Å². The van der Waals surface area contributed by atoms with Gasteiger partial charge in [-0.15, -0.1) is 0 Å². The van der Waals surface area contributed by atoms with Crippen molar-refractivity contribution < 1.29 is 19.5 Å². The lowest BCUT2D eigenvalue weighted by atomic mass is 10.0. The number of rotatable bonds is 10. The molecule has 0 radical (unpaired) electrons. The molecule has 2 aromatic heterocycles. The molecule has 8 aromatic rings. The van der Waals surface area contributed by atoms with Gasteiger partial charge in [-0.2, -0.15) is 0 Å². The topological polar surface area (TPSA) is 154 Å². The van der Waals surface area contributed by atoms with Gasteiger partial charge in [-0.1, -0.05) is 121 Å². The second-order valence-corrected chi connectivity index (χ2v) is 17.3. The van der Waals surface area contributed by atoms with Crippen LogP contribution in [-0.4, -0.2) is 59.0 Å². The van der Waals surface area contributed by atoms with Crippen LogP contribution < -0.4 is 26.2 Å². The van der Waals surface area contributed by atoms with Crippen LogP contribution >= 0.6 is 0 Å². The fourth-order valence-electron chi connectivity index (χ4n) is 8.55. The molecule has 11 heteroatoms. The Morgan fingerprint density at radius 2 is 0.857 bits per heavy atom. The first-order valence-corrected chi connectivity index (χ1v) is 23.7. The van der Waals surface area contributed by atoms with Crippen LogP contribution in [0.4, 0.5) is 28.7 Å². The van der Waals surface area contributed by atoms with Gasteiger partial charge in [0.25, 0.3) is 11.8 Å². The number of carbonyl (C=O) groups excluding carboxylic acids is 2. The van der Waals surface area contributed by atoms with E-state index in [0.29, 0.717) is 16.9 Å². The first kappa shape index (κ1) is 47.9. The standard InChI is InChI=1S/C23H21N3O3.C23H23N3O.C13H13N/c27-22(19-9-6-12-24-21(19)26-13-4-5-14-26)25-20-15-17(10-11-18(20)23(28)29)16-7-2-1-3-8-16;1-17-11-12-19(18-8-3-2-4-9-18)16-21(17)25-23(27)20-10-7-13-24-22(20)26-14-5-6-15-26;1-10-7-8-12(9-13(10)14)11-5-3-2-4-6-11/h1-3,6-12,15H,4-5,13-14H2,(H,25,27)(H,28,29);2-4,7-13,16H,5-6,14-15H2,1H3,(H,25,27);2-9H,14H2,1H3. The Morgan fingerprint density at radius 3 is 1.30 bits per heavy atom. The molecule has 4 heterocycles. The van der Waals surface area contributed by atoms with Crippen LogP contribution in [0.3, 0.4) is 0 Å². The van der Waals surface area contributed by atoms with Gasteiger partial charge < -0.3 is 31.3 Å². The number of carboxylic acid groups (broad SMARTS) is 1. The molecule has 11 nitrogen and oxygen atoms in total. The summed E-state index contributed by atoms with van der Waals surface area (Å²) in [5, 5.41) is 15.5. The Labute approximate surface area is 409 Å². The molecule has 10 rings (SSSR count). The molecule has 0 atom stereocenters. The minimum Gasteiger partial charge on any atom is -0.478 e. The number of aromatic carboxylic acids is 1. The van der Waals surface area contributed by atoms with E-state index in [9.17, 15) is 19.5 Å². The number of hydrogen-bond donors (Lipinski definition) is 4. The largest absolute Gasteiger partial charge is 0.478 e. The third-order valence-electron chi connectivity index (χ3n) is 12.5. The molecule has 2 aliphatic rings. The summed E-state index contributed by atoms with van der Waals surface area (Å²) in [6.45, 7) is 7.67. The average molecular weight is 928 g/mol. The summed E-state index contributed by atoms with van der Waals surface area (Å²) in [5.74, 6) is -0.153. The van der Waals surface area contributed by atoms with Crippen molar-refractivity contribution in [3.63, 3.8) is 0 Å². The Kier molecular flexibility index (Phi) is 15.7. The first-order chi connectivity index (χ1) is 34.1. The van der Waals surface area contributed by atoms with Crippen molar-refractivity contribution in [2.75, 3.05) is 52.3 Å². The lowest BCUT2D eigenvalue weighted by Gasteiger charge is -2.19. The van der Waals surface area contributed by atoms with E-state index in [2.05, 4.69) is 72.9 Å². The number of nitrogen functional groups attached to an aromatic ring is 1. The highest BCUT2D eigenvalue weighted by Crippen LogP contribution is 2.30. The number of carbonyl (C=O) groups is 3. The van der Waals surface area contributed by atoms with Crippen molar-refractivity contribution in [1.29, 1.82) is 0 Å². The number of pyridine rings is 2. The number of benzene rings is 6. The van der Waals surface area contributed by atoms with E-state index in [1.807, 2.05) is 111 Å².